The van der Waals surface area contributed by atoms with E-state index in [2.05, 4.69) is 5.32 Å². The number of hydrogen-bond acceptors (Lipinski definition) is 2. The van der Waals surface area contributed by atoms with Gasteiger partial charge in [0.2, 0.25) is 0 Å². The minimum Gasteiger partial charge on any atom is -0.457 e. The highest BCUT2D eigenvalue weighted by Gasteiger charge is 2.30. The second-order valence-electron chi connectivity index (χ2n) is 6.84. The highest BCUT2D eigenvalue weighted by Crippen LogP contribution is 2.31. The maximum Gasteiger partial charge on any atom is 0.416 e. The van der Waals surface area contributed by atoms with E-state index < -0.39 is 11.7 Å². The molecule has 1 N–H and O–H groups in total. The number of nitrogens with one attached hydrogen (secondary N) is 1. The highest BCUT2D eigenvalue weighted by atomic mass is 19.4. The molecule has 0 spiro atoms. The topological polar surface area (TPSA) is 21.3 Å². The lowest BCUT2D eigenvalue weighted by molar-refractivity contribution is -0.137. The van der Waals surface area contributed by atoms with Gasteiger partial charge < -0.3 is 10.1 Å². The molecule has 2 aromatic rings. The highest BCUT2D eigenvalue weighted by molar-refractivity contribution is 5.35. The molecule has 2 aromatic carbocycles. The Hall–Kier alpha value is -2.01. The predicted molar refractivity (Wildman–Crippen MR) is 96.3 cm³/mol. The first kappa shape index (κ1) is 18.8. The van der Waals surface area contributed by atoms with Crippen molar-refractivity contribution >= 4 is 0 Å². The molecule has 0 aliphatic heterocycles. The maximum absolute atomic E-state index is 12.6. The molecule has 140 valence electrons. The number of ether oxygens (including phenoxy) is 1. The summed E-state index contributed by atoms with van der Waals surface area (Å²) in [5.74, 6) is 1.00. The van der Waals surface area contributed by atoms with E-state index in [4.69, 9.17) is 4.74 Å². The SMILES string of the molecule is FC(F)(F)c1ccc(Oc2ccc(CNC3CCCCCC3)cc2)cc1. The molecule has 26 heavy (non-hydrogen) atoms. The van der Waals surface area contributed by atoms with E-state index in [0.717, 1.165) is 18.7 Å². The van der Waals surface area contributed by atoms with Gasteiger partial charge in [0, 0.05) is 12.6 Å². The van der Waals surface area contributed by atoms with Crippen LogP contribution in [0.2, 0.25) is 0 Å². The van der Waals surface area contributed by atoms with Crippen LogP contribution in [0.5, 0.6) is 11.5 Å². The lowest BCUT2D eigenvalue weighted by Gasteiger charge is -2.16. The largest absolute Gasteiger partial charge is 0.457 e. The third kappa shape index (κ3) is 5.49. The summed E-state index contributed by atoms with van der Waals surface area (Å²) >= 11 is 0. The van der Waals surface area contributed by atoms with Crippen molar-refractivity contribution in [2.45, 2.75) is 57.3 Å². The van der Waals surface area contributed by atoms with E-state index in [9.17, 15) is 13.2 Å². The van der Waals surface area contributed by atoms with E-state index in [0.29, 0.717) is 17.5 Å². The molecule has 0 atom stereocenters. The number of alkyl halides is 3. The molecule has 0 radical (unpaired) electrons. The predicted octanol–water partition coefficient (Wildman–Crippen LogP) is 6.31. The van der Waals surface area contributed by atoms with Crippen molar-refractivity contribution in [3.63, 3.8) is 0 Å². The Morgan fingerprint density at radius 3 is 1.88 bits per heavy atom. The molecule has 0 bridgehead atoms. The molecule has 0 heterocycles. The van der Waals surface area contributed by atoms with E-state index in [1.165, 1.54) is 56.2 Å². The number of halogens is 3. The van der Waals surface area contributed by atoms with E-state index in [1.807, 2.05) is 24.3 Å². The van der Waals surface area contributed by atoms with Gasteiger partial charge in [-0.2, -0.15) is 13.2 Å². The molecular formula is C21H24F3NO. The molecule has 1 aliphatic rings. The average molecular weight is 363 g/mol. The summed E-state index contributed by atoms with van der Waals surface area (Å²) in [6, 6.07) is 13.0. The van der Waals surface area contributed by atoms with Crippen LogP contribution >= 0.6 is 0 Å². The van der Waals surface area contributed by atoms with Crippen LogP contribution in [0, 0.1) is 0 Å². The van der Waals surface area contributed by atoms with Gasteiger partial charge in [-0.05, 0) is 54.8 Å². The fraction of sp³-hybridized carbons (Fsp3) is 0.429. The van der Waals surface area contributed by atoms with Gasteiger partial charge in [0.1, 0.15) is 11.5 Å². The zero-order chi connectivity index (χ0) is 18.4. The number of rotatable bonds is 5. The molecule has 1 fully saturated rings. The summed E-state index contributed by atoms with van der Waals surface area (Å²) in [6.07, 6.45) is 3.45. The molecule has 0 saturated heterocycles. The molecule has 0 unspecified atom stereocenters. The van der Waals surface area contributed by atoms with Gasteiger partial charge in [0.15, 0.2) is 0 Å². The Bertz CT molecular complexity index is 672. The maximum atomic E-state index is 12.6. The Morgan fingerprint density at radius 2 is 1.35 bits per heavy atom. The lowest BCUT2D eigenvalue weighted by Crippen LogP contribution is -2.27. The van der Waals surface area contributed by atoms with Gasteiger partial charge in [0.25, 0.3) is 0 Å². The van der Waals surface area contributed by atoms with Gasteiger partial charge in [-0.15, -0.1) is 0 Å². The van der Waals surface area contributed by atoms with Crippen LogP contribution in [-0.2, 0) is 12.7 Å². The van der Waals surface area contributed by atoms with Gasteiger partial charge in [-0.1, -0.05) is 37.8 Å². The fourth-order valence-corrected chi connectivity index (χ4v) is 3.27. The Morgan fingerprint density at radius 1 is 0.808 bits per heavy atom. The van der Waals surface area contributed by atoms with Crippen molar-refractivity contribution in [2.75, 3.05) is 0 Å². The molecule has 0 amide bonds. The average Bonchev–Trinajstić information content (AvgIpc) is 2.90. The second kappa shape index (κ2) is 8.58. The zero-order valence-electron chi connectivity index (χ0n) is 14.7. The number of benzene rings is 2. The molecule has 1 aliphatic carbocycles. The van der Waals surface area contributed by atoms with Crippen LogP contribution in [0.1, 0.15) is 49.7 Å². The smallest absolute Gasteiger partial charge is 0.416 e. The summed E-state index contributed by atoms with van der Waals surface area (Å²) in [5.41, 5.74) is 0.499. The van der Waals surface area contributed by atoms with Gasteiger partial charge >= 0.3 is 6.18 Å². The Kier molecular flexibility index (Phi) is 6.20. The van der Waals surface area contributed by atoms with Crippen molar-refractivity contribution in [1.82, 2.24) is 5.32 Å². The van der Waals surface area contributed by atoms with Crippen LogP contribution in [-0.4, -0.2) is 6.04 Å². The molecular weight excluding hydrogens is 339 g/mol. The molecule has 2 nitrogen and oxygen atoms in total. The summed E-state index contributed by atoms with van der Waals surface area (Å²) < 4.78 is 43.3. The summed E-state index contributed by atoms with van der Waals surface area (Å²) in [6.45, 7) is 0.825. The van der Waals surface area contributed by atoms with Crippen LogP contribution in [0.3, 0.4) is 0 Å². The van der Waals surface area contributed by atoms with Crippen molar-refractivity contribution in [1.29, 1.82) is 0 Å². The molecule has 5 heteroatoms. The third-order valence-electron chi connectivity index (χ3n) is 4.79. The van der Waals surface area contributed by atoms with Crippen LogP contribution in [0.15, 0.2) is 48.5 Å². The van der Waals surface area contributed by atoms with Crippen molar-refractivity contribution < 1.29 is 17.9 Å². The summed E-state index contributed by atoms with van der Waals surface area (Å²) in [4.78, 5) is 0. The van der Waals surface area contributed by atoms with Gasteiger partial charge in [-0.25, -0.2) is 0 Å². The monoisotopic (exact) mass is 363 g/mol. The van der Waals surface area contributed by atoms with Crippen LogP contribution in [0.25, 0.3) is 0 Å². The summed E-state index contributed by atoms with van der Waals surface area (Å²) in [5, 5.41) is 3.62. The first-order valence-electron chi connectivity index (χ1n) is 9.18. The normalized spacial score (nSPS) is 16.3. The Balaban J connectivity index is 1.52. The van der Waals surface area contributed by atoms with E-state index in [-0.39, 0.29) is 0 Å². The minimum atomic E-state index is -4.33. The van der Waals surface area contributed by atoms with Gasteiger partial charge in [-0.3, -0.25) is 0 Å². The van der Waals surface area contributed by atoms with Gasteiger partial charge in [0.05, 0.1) is 5.56 Å². The van der Waals surface area contributed by atoms with Crippen molar-refractivity contribution in [3.8, 4) is 11.5 Å². The zero-order valence-corrected chi connectivity index (χ0v) is 14.7. The first-order chi connectivity index (χ1) is 12.5. The molecule has 0 aromatic heterocycles. The van der Waals surface area contributed by atoms with E-state index >= 15 is 0 Å². The second-order valence-corrected chi connectivity index (χ2v) is 6.84. The van der Waals surface area contributed by atoms with Crippen LogP contribution < -0.4 is 10.1 Å². The third-order valence-corrected chi connectivity index (χ3v) is 4.79. The molecule has 1 saturated carbocycles. The van der Waals surface area contributed by atoms with Crippen LogP contribution in [0.4, 0.5) is 13.2 Å². The lowest BCUT2D eigenvalue weighted by atomic mass is 10.1. The summed E-state index contributed by atoms with van der Waals surface area (Å²) in [7, 11) is 0. The molecule has 3 rings (SSSR count). The number of hydrogen-bond donors (Lipinski definition) is 1. The van der Waals surface area contributed by atoms with Crippen molar-refractivity contribution in [3.05, 3.63) is 59.7 Å². The van der Waals surface area contributed by atoms with Crippen molar-refractivity contribution in [2.24, 2.45) is 0 Å². The Labute approximate surface area is 152 Å². The fourth-order valence-electron chi connectivity index (χ4n) is 3.27. The minimum absolute atomic E-state index is 0.391. The quantitative estimate of drug-likeness (QED) is 0.629. The standard InChI is InChI=1S/C21H24F3NO/c22-21(23,24)17-9-13-20(14-10-17)26-19-11-7-16(8-12-19)15-25-18-5-3-1-2-4-6-18/h7-14,18,25H,1-6,15H2. The first-order valence-corrected chi connectivity index (χ1v) is 9.18. The van der Waals surface area contributed by atoms with E-state index in [1.54, 1.807) is 0 Å².